The molecule has 142 valence electrons. The van der Waals surface area contributed by atoms with E-state index in [1.54, 1.807) is 12.5 Å². The monoisotopic (exact) mass is 369 g/mol. The Hall–Kier alpha value is -2.87. The van der Waals surface area contributed by atoms with Gasteiger partial charge in [0, 0.05) is 18.5 Å². The molecular weight excluding hydrogens is 346 g/mol. The molecule has 0 bridgehead atoms. The Morgan fingerprint density at radius 3 is 3.19 bits per heavy atom. The lowest BCUT2D eigenvalue weighted by Gasteiger charge is -2.32. The zero-order valence-electron chi connectivity index (χ0n) is 15.3. The maximum atomic E-state index is 12.3. The van der Waals surface area contributed by atoms with Gasteiger partial charge in [0.1, 0.15) is 5.76 Å². The smallest absolute Gasteiger partial charge is 0.234 e. The van der Waals surface area contributed by atoms with Crippen molar-refractivity contribution in [3.8, 4) is 11.3 Å². The Bertz CT molecular complexity index is 883. The third-order valence-corrected chi connectivity index (χ3v) is 4.88. The van der Waals surface area contributed by atoms with Gasteiger partial charge in [0.05, 0.1) is 42.5 Å². The molecule has 4 rings (SSSR count). The molecule has 0 spiro atoms. The topological polar surface area (TPSA) is 100 Å². The molecule has 1 unspecified atom stereocenters. The third kappa shape index (κ3) is 4.11. The van der Waals surface area contributed by atoms with Crippen molar-refractivity contribution in [2.75, 3.05) is 19.6 Å². The number of carbonyl (C=O) groups excluding carboxylic acids is 1. The number of rotatable bonds is 6. The van der Waals surface area contributed by atoms with Gasteiger partial charge >= 0.3 is 0 Å². The highest BCUT2D eigenvalue weighted by Crippen LogP contribution is 2.33. The van der Waals surface area contributed by atoms with Crippen LogP contribution < -0.4 is 5.32 Å². The standard InChI is InChI=1S/C19H23N5O3/c1-13-8-17(27-23-13)16-10-21-22-19(16)14-4-2-6-24(11-14)12-18(25)20-9-15-5-3-7-26-15/h3,5,7-8,10,14H,2,4,6,9,11-12H2,1H3,(H,20,25)(H,21,22). The van der Waals surface area contributed by atoms with Crippen LogP contribution in [0.5, 0.6) is 0 Å². The summed E-state index contributed by atoms with van der Waals surface area (Å²) in [6.45, 7) is 4.41. The van der Waals surface area contributed by atoms with Crippen molar-refractivity contribution in [2.24, 2.45) is 0 Å². The highest BCUT2D eigenvalue weighted by atomic mass is 16.5. The summed E-state index contributed by atoms with van der Waals surface area (Å²) in [5.41, 5.74) is 2.84. The van der Waals surface area contributed by atoms with E-state index in [9.17, 15) is 4.79 Å². The number of hydrogen-bond donors (Lipinski definition) is 2. The van der Waals surface area contributed by atoms with Gasteiger partial charge in [-0.2, -0.15) is 5.10 Å². The fraction of sp³-hybridized carbons (Fsp3) is 0.421. The Morgan fingerprint density at radius 1 is 1.48 bits per heavy atom. The van der Waals surface area contributed by atoms with Gasteiger partial charge in [0.2, 0.25) is 5.91 Å². The third-order valence-electron chi connectivity index (χ3n) is 4.88. The van der Waals surface area contributed by atoms with Gasteiger partial charge in [0.15, 0.2) is 5.76 Å². The van der Waals surface area contributed by atoms with Gasteiger partial charge in [0.25, 0.3) is 0 Å². The minimum Gasteiger partial charge on any atom is -0.467 e. The molecule has 0 saturated carbocycles. The van der Waals surface area contributed by atoms with Gasteiger partial charge in [-0.05, 0) is 38.4 Å². The van der Waals surface area contributed by atoms with E-state index in [-0.39, 0.29) is 11.8 Å². The number of nitrogens with one attached hydrogen (secondary N) is 2. The number of aromatic amines is 1. The van der Waals surface area contributed by atoms with Crippen molar-refractivity contribution in [3.05, 3.63) is 47.8 Å². The summed E-state index contributed by atoms with van der Waals surface area (Å²) in [4.78, 5) is 14.4. The van der Waals surface area contributed by atoms with Crippen molar-refractivity contribution in [1.29, 1.82) is 0 Å². The molecule has 1 saturated heterocycles. The molecule has 1 amide bonds. The van der Waals surface area contributed by atoms with E-state index < -0.39 is 0 Å². The Balaban J connectivity index is 1.37. The van der Waals surface area contributed by atoms with Gasteiger partial charge in [-0.3, -0.25) is 14.8 Å². The Labute approximate surface area is 156 Å². The summed E-state index contributed by atoms with van der Waals surface area (Å²) < 4.78 is 10.6. The molecule has 3 aromatic heterocycles. The summed E-state index contributed by atoms with van der Waals surface area (Å²) in [6, 6.07) is 5.58. The lowest BCUT2D eigenvalue weighted by Crippen LogP contribution is -2.41. The van der Waals surface area contributed by atoms with Crippen molar-refractivity contribution >= 4 is 5.91 Å². The van der Waals surface area contributed by atoms with Crippen LogP contribution in [0.25, 0.3) is 11.3 Å². The number of H-pyrrole nitrogens is 1. The van der Waals surface area contributed by atoms with Gasteiger partial charge < -0.3 is 14.3 Å². The first-order chi connectivity index (χ1) is 13.2. The Morgan fingerprint density at radius 2 is 2.41 bits per heavy atom. The minimum atomic E-state index is 0.00254. The first-order valence-electron chi connectivity index (χ1n) is 9.17. The lowest BCUT2D eigenvalue weighted by atomic mass is 9.92. The van der Waals surface area contributed by atoms with Crippen LogP contribution in [0, 0.1) is 6.92 Å². The number of likely N-dealkylation sites (tertiary alicyclic amines) is 1. The van der Waals surface area contributed by atoms with Gasteiger partial charge in [-0.25, -0.2) is 0 Å². The second kappa shape index (κ2) is 7.79. The van der Waals surface area contributed by atoms with Crippen LogP contribution in [-0.2, 0) is 11.3 Å². The summed E-state index contributed by atoms with van der Waals surface area (Å²) in [5, 5.41) is 14.2. The SMILES string of the molecule is Cc1cc(-c2cn[nH]c2C2CCCN(CC(=O)NCc3ccco3)C2)on1. The van der Waals surface area contributed by atoms with Crippen molar-refractivity contribution in [3.63, 3.8) is 0 Å². The quantitative estimate of drug-likeness (QED) is 0.692. The number of amides is 1. The maximum absolute atomic E-state index is 12.3. The number of nitrogens with zero attached hydrogens (tertiary/aromatic N) is 3. The average molecular weight is 369 g/mol. The fourth-order valence-electron chi connectivity index (χ4n) is 3.59. The van der Waals surface area contributed by atoms with Crippen LogP contribution in [-0.4, -0.2) is 45.8 Å². The van der Waals surface area contributed by atoms with Crippen LogP contribution in [0.3, 0.4) is 0 Å². The molecule has 0 aliphatic carbocycles. The van der Waals surface area contributed by atoms with E-state index in [0.717, 1.165) is 54.4 Å². The average Bonchev–Trinajstić information content (AvgIpc) is 3.41. The number of furan rings is 1. The van der Waals surface area contributed by atoms with Crippen LogP contribution in [0.15, 0.2) is 39.6 Å². The zero-order valence-corrected chi connectivity index (χ0v) is 15.3. The molecule has 2 N–H and O–H groups in total. The second-order valence-electron chi connectivity index (χ2n) is 6.96. The van der Waals surface area contributed by atoms with Crippen LogP contribution in [0.1, 0.15) is 35.9 Å². The molecule has 4 heterocycles. The molecule has 27 heavy (non-hydrogen) atoms. The molecule has 8 heteroatoms. The van der Waals surface area contributed by atoms with E-state index in [0.29, 0.717) is 13.1 Å². The highest BCUT2D eigenvalue weighted by molar-refractivity contribution is 5.78. The number of hydrogen-bond acceptors (Lipinski definition) is 6. The summed E-state index contributed by atoms with van der Waals surface area (Å²) >= 11 is 0. The fourth-order valence-corrected chi connectivity index (χ4v) is 3.59. The maximum Gasteiger partial charge on any atom is 0.234 e. The highest BCUT2D eigenvalue weighted by Gasteiger charge is 2.27. The molecule has 8 nitrogen and oxygen atoms in total. The number of aryl methyl sites for hydroxylation is 1. The first-order valence-corrected chi connectivity index (χ1v) is 9.17. The minimum absolute atomic E-state index is 0.00254. The Kier molecular flexibility index (Phi) is 5.06. The molecule has 1 atom stereocenters. The summed E-state index contributed by atoms with van der Waals surface area (Å²) in [5.74, 6) is 1.76. The van der Waals surface area contributed by atoms with Gasteiger partial charge in [-0.15, -0.1) is 0 Å². The molecule has 0 radical (unpaired) electrons. The normalized spacial score (nSPS) is 17.9. The van der Waals surface area contributed by atoms with Crippen molar-refractivity contribution < 1.29 is 13.7 Å². The number of piperidine rings is 1. The molecule has 1 aliphatic heterocycles. The second-order valence-corrected chi connectivity index (χ2v) is 6.96. The number of carbonyl (C=O) groups is 1. The molecule has 0 aromatic carbocycles. The van der Waals surface area contributed by atoms with E-state index in [4.69, 9.17) is 8.94 Å². The van der Waals surface area contributed by atoms with E-state index >= 15 is 0 Å². The lowest BCUT2D eigenvalue weighted by molar-refractivity contribution is -0.122. The largest absolute Gasteiger partial charge is 0.467 e. The van der Waals surface area contributed by atoms with Crippen LogP contribution in [0.4, 0.5) is 0 Å². The van der Waals surface area contributed by atoms with Crippen LogP contribution >= 0.6 is 0 Å². The zero-order chi connectivity index (χ0) is 18.6. The van der Waals surface area contributed by atoms with E-state index in [2.05, 4.69) is 25.6 Å². The van der Waals surface area contributed by atoms with Crippen LogP contribution in [0.2, 0.25) is 0 Å². The van der Waals surface area contributed by atoms with Crippen molar-refractivity contribution in [2.45, 2.75) is 32.2 Å². The summed E-state index contributed by atoms with van der Waals surface area (Å²) in [7, 11) is 0. The number of aromatic nitrogens is 3. The predicted octanol–water partition coefficient (Wildman–Crippen LogP) is 2.46. The van der Waals surface area contributed by atoms with E-state index in [1.807, 2.05) is 25.1 Å². The van der Waals surface area contributed by atoms with E-state index in [1.165, 1.54) is 0 Å². The first kappa shape index (κ1) is 17.5. The molecule has 3 aromatic rings. The predicted molar refractivity (Wildman–Crippen MR) is 97.8 cm³/mol. The summed E-state index contributed by atoms with van der Waals surface area (Å²) in [6.07, 6.45) is 5.47. The van der Waals surface area contributed by atoms with Crippen molar-refractivity contribution in [1.82, 2.24) is 25.6 Å². The molecule has 1 aliphatic rings. The molecular formula is C19H23N5O3. The molecule has 1 fully saturated rings. The van der Waals surface area contributed by atoms with Gasteiger partial charge in [-0.1, -0.05) is 5.16 Å².